The molecule has 0 fully saturated rings. The van der Waals surface area contributed by atoms with Gasteiger partial charge in [-0.05, 0) is 12.8 Å². The Morgan fingerprint density at radius 2 is 2.06 bits per heavy atom. The number of fused-ring (bicyclic) bond motifs is 1. The first-order chi connectivity index (χ1) is 7.65. The van der Waals surface area contributed by atoms with Gasteiger partial charge in [0.15, 0.2) is 16.3 Å². The van der Waals surface area contributed by atoms with Crippen molar-refractivity contribution in [2.45, 2.75) is 40.0 Å². The normalized spacial score (nSPS) is 11.8. The molecule has 0 unspecified atom stereocenters. The van der Waals surface area contributed by atoms with Crippen LogP contribution in [0.1, 0.15) is 37.5 Å². The lowest BCUT2D eigenvalue weighted by atomic mass is 10.00. The van der Waals surface area contributed by atoms with E-state index in [0.717, 1.165) is 33.3 Å². The van der Waals surface area contributed by atoms with Crippen LogP contribution in [0.2, 0.25) is 0 Å². The van der Waals surface area contributed by atoms with E-state index in [1.807, 2.05) is 6.92 Å². The summed E-state index contributed by atoms with van der Waals surface area (Å²) in [5.41, 5.74) is 7.46. The van der Waals surface area contributed by atoms with E-state index in [1.165, 1.54) is 12.8 Å². The topological polar surface area (TPSA) is 52.0 Å². The maximum absolute atomic E-state index is 5.92. The molecule has 0 atom stereocenters. The van der Waals surface area contributed by atoms with Crippen molar-refractivity contribution in [1.29, 1.82) is 0 Å². The van der Waals surface area contributed by atoms with Gasteiger partial charge in [-0.3, -0.25) is 0 Å². The first-order valence-corrected chi connectivity index (χ1v) is 6.61. The number of aryl methyl sites for hydroxylation is 1. The van der Waals surface area contributed by atoms with Gasteiger partial charge in [0.25, 0.3) is 0 Å². The third-order valence-corrected chi connectivity index (χ3v) is 4.13. The number of hydrogen-bond acceptors (Lipinski definition) is 4. The van der Waals surface area contributed by atoms with Crippen molar-refractivity contribution in [2.75, 3.05) is 5.73 Å². The largest absolute Gasteiger partial charge is 0.438 e. The fourth-order valence-corrected chi connectivity index (χ4v) is 2.74. The molecule has 2 rings (SSSR count). The Hall–Kier alpha value is -1.03. The van der Waals surface area contributed by atoms with Crippen LogP contribution in [0.5, 0.6) is 0 Å². The van der Waals surface area contributed by atoms with Crippen LogP contribution in [0.3, 0.4) is 0 Å². The lowest BCUT2D eigenvalue weighted by Gasteiger charge is -2.07. The van der Waals surface area contributed by atoms with Crippen molar-refractivity contribution < 1.29 is 4.42 Å². The van der Waals surface area contributed by atoms with Crippen molar-refractivity contribution in [1.82, 2.24) is 4.98 Å². The zero-order valence-electron chi connectivity index (χ0n) is 10.0. The zero-order chi connectivity index (χ0) is 11.7. The summed E-state index contributed by atoms with van der Waals surface area (Å²) < 4.78 is 5.73. The standard InChI is InChI=1S/C12H18N2OS/c1-4-8(5-2)6-9-14-12-11(15-9)10(13)7(3)16-12/h8H,4-6,13H2,1-3H3. The molecular weight excluding hydrogens is 220 g/mol. The monoisotopic (exact) mass is 238 g/mol. The molecule has 2 heterocycles. The molecule has 2 aromatic rings. The van der Waals surface area contributed by atoms with Crippen molar-refractivity contribution in [3.63, 3.8) is 0 Å². The van der Waals surface area contributed by atoms with E-state index < -0.39 is 0 Å². The number of nitrogens with zero attached hydrogens (tertiary/aromatic N) is 1. The Labute approximate surface area is 99.7 Å². The Kier molecular flexibility index (Phi) is 3.19. The van der Waals surface area contributed by atoms with Crippen LogP contribution in [0, 0.1) is 12.8 Å². The summed E-state index contributed by atoms with van der Waals surface area (Å²) in [5, 5.41) is 0. The third-order valence-electron chi connectivity index (χ3n) is 3.13. The molecule has 16 heavy (non-hydrogen) atoms. The van der Waals surface area contributed by atoms with Crippen molar-refractivity contribution in [3.8, 4) is 0 Å². The zero-order valence-corrected chi connectivity index (χ0v) is 10.9. The van der Waals surface area contributed by atoms with Gasteiger partial charge in [-0.1, -0.05) is 26.7 Å². The van der Waals surface area contributed by atoms with E-state index >= 15 is 0 Å². The molecule has 2 N–H and O–H groups in total. The predicted molar refractivity (Wildman–Crippen MR) is 68.8 cm³/mol. The number of anilines is 1. The average molecular weight is 238 g/mol. The highest BCUT2D eigenvalue weighted by atomic mass is 32.1. The summed E-state index contributed by atoms with van der Waals surface area (Å²) in [5.74, 6) is 1.50. The van der Waals surface area contributed by atoms with Crippen LogP contribution in [0.15, 0.2) is 4.42 Å². The molecule has 4 heteroatoms. The smallest absolute Gasteiger partial charge is 0.196 e. The molecule has 0 amide bonds. The third kappa shape index (κ3) is 1.94. The van der Waals surface area contributed by atoms with E-state index in [-0.39, 0.29) is 0 Å². The average Bonchev–Trinajstić information content (AvgIpc) is 2.77. The van der Waals surface area contributed by atoms with Crippen molar-refractivity contribution >= 4 is 27.4 Å². The minimum atomic E-state index is 0.662. The molecule has 0 aromatic carbocycles. The second-order valence-electron chi connectivity index (χ2n) is 4.20. The molecule has 0 bridgehead atoms. The van der Waals surface area contributed by atoms with Crippen LogP contribution >= 0.6 is 11.3 Å². The molecule has 0 spiro atoms. The molecule has 0 saturated carbocycles. The van der Waals surface area contributed by atoms with Gasteiger partial charge in [0.05, 0.1) is 5.69 Å². The van der Waals surface area contributed by atoms with Gasteiger partial charge in [0, 0.05) is 11.3 Å². The molecule has 0 saturated heterocycles. The number of nitrogen functional groups attached to an aromatic ring is 1. The van der Waals surface area contributed by atoms with E-state index in [9.17, 15) is 0 Å². The highest BCUT2D eigenvalue weighted by molar-refractivity contribution is 7.19. The molecule has 0 radical (unpaired) electrons. The van der Waals surface area contributed by atoms with Gasteiger partial charge in [0.2, 0.25) is 0 Å². The Morgan fingerprint density at radius 1 is 1.38 bits per heavy atom. The minimum Gasteiger partial charge on any atom is -0.438 e. The first-order valence-electron chi connectivity index (χ1n) is 5.79. The Balaban J connectivity index is 2.26. The molecule has 88 valence electrons. The van der Waals surface area contributed by atoms with Crippen molar-refractivity contribution in [2.24, 2.45) is 5.92 Å². The fourth-order valence-electron chi connectivity index (χ4n) is 1.86. The van der Waals surface area contributed by atoms with E-state index in [0.29, 0.717) is 5.92 Å². The summed E-state index contributed by atoms with van der Waals surface area (Å²) in [7, 11) is 0. The summed E-state index contributed by atoms with van der Waals surface area (Å²) in [6.45, 7) is 6.41. The fraction of sp³-hybridized carbons (Fsp3) is 0.583. The van der Waals surface area contributed by atoms with Crippen LogP contribution in [0.4, 0.5) is 5.69 Å². The number of oxazole rings is 1. The lowest BCUT2D eigenvalue weighted by Crippen LogP contribution is -2.01. The van der Waals surface area contributed by atoms with Crippen LogP contribution < -0.4 is 5.73 Å². The van der Waals surface area contributed by atoms with Crippen molar-refractivity contribution in [3.05, 3.63) is 10.8 Å². The second kappa shape index (κ2) is 4.45. The van der Waals surface area contributed by atoms with Gasteiger partial charge in [-0.25, -0.2) is 4.98 Å². The molecule has 0 aliphatic rings. The van der Waals surface area contributed by atoms with Crippen LogP contribution in [-0.4, -0.2) is 4.98 Å². The molecule has 0 aliphatic carbocycles. The van der Waals surface area contributed by atoms with Crippen LogP contribution in [-0.2, 0) is 6.42 Å². The summed E-state index contributed by atoms with van der Waals surface area (Å²) in [6.07, 6.45) is 3.26. The first kappa shape index (κ1) is 11.5. The molecule has 0 aliphatic heterocycles. The second-order valence-corrected chi connectivity index (χ2v) is 5.40. The minimum absolute atomic E-state index is 0.662. The number of aromatic nitrogens is 1. The van der Waals surface area contributed by atoms with E-state index in [4.69, 9.17) is 10.2 Å². The summed E-state index contributed by atoms with van der Waals surface area (Å²) >= 11 is 1.61. The van der Waals surface area contributed by atoms with Gasteiger partial charge in [-0.15, -0.1) is 11.3 Å². The summed E-state index contributed by atoms with van der Waals surface area (Å²) in [6, 6.07) is 0. The van der Waals surface area contributed by atoms with Gasteiger partial charge < -0.3 is 10.2 Å². The number of nitrogens with two attached hydrogens (primary N) is 1. The highest BCUT2D eigenvalue weighted by Gasteiger charge is 2.15. The number of thiophene rings is 1. The van der Waals surface area contributed by atoms with E-state index in [1.54, 1.807) is 11.3 Å². The van der Waals surface area contributed by atoms with Gasteiger partial charge in [0.1, 0.15) is 0 Å². The van der Waals surface area contributed by atoms with E-state index in [2.05, 4.69) is 18.8 Å². The highest BCUT2D eigenvalue weighted by Crippen LogP contribution is 2.33. The van der Waals surface area contributed by atoms with Gasteiger partial charge >= 0.3 is 0 Å². The maximum Gasteiger partial charge on any atom is 0.196 e. The Bertz CT molecular complexity index is 482. The number of rotatable bonds is 4. The molecule has 2 aromatic heterocycles. The molecule has 3 nitrogen and oxygen atoms in total. The van der Waals surface area contributed by atoms with Gasteiger partial charge in [-0.2, -0.15) is 0 Å². The quantitative estimate of drug-likeness (QED) is 0.882. The SMILES string of the molecule is CCC(CC)Cc1nc2sc(C)c(N)c2o1. The lowest BCUT2D eigenvalue weighted by molar-refractivity contribution is 0.422. The Morgan fingerprint density at radius 3 is 2.62 bits per heavy atom. The maximum atomic E-state index is 5.92. The summed E-state index contributed by atoms with van der Waals surface area (Å²) in [4.78, 5) is 6.54. The molecular formula is C12H18N2OS. The van der Waals surface area contributed by atoms with Crippen LogP contribution in [0.25, 0.3) is 10.4 Å². The number of hydrogen-bond donors (Lipinski definition) is 1. The predicted octanol–water partition coefficient (Wildman–Crippen LogP) is 3.76.